The molecule has 6 heteroatoms. The molecule has 0 bridgehead atoms. The van der Waals surface area contributed by atoms with E-state index in [2.05, 4.69) is 15.4 Å². The molecule has 0 saturated heterocycles. The van der Waals surface area contributed by atoms with Crippen molar-refractivity contribution >= 4 is 11.0 Å². The minimum atomic E-state index is -0.177. The number of imidazole rings is 1. The zero-order chi connectivity index (χ0) is 11.5. The number of hydrogen-bond acceptors (Lipinski definition) is 4. The van der Waals surface area contributed by atoms with Gasteiger partial charge in [-0.05, 0) is 24.7 Å². The van der Waals surface area contributed by atoms with Gasteiger partial charge in [-0.25, -0.2) is 10.2 Å². The van der Waals surface area contributed by atoms with E-state index >= 15 is 0 Å². The predicted molar refractivity (Wildman–Crippen MR) is 62.6 cm³/mol. The normalized spacial score (nSPS) is 11.4. The Morgan fingerprint density at radius 2 is 2.12 bits per heavy atom. The summed E-state index contributed by atoms with van der Waals surface area (Å²) in [5, 5.41) is 0. The first-order chi connectivity index (χ1) is 7.69. The quantitative estimate of drug-likeness (QED) is 0.324. The Balaban J connectivity index is 2.22. The van der Waals surface area contributed by atoms with Gasteiger partial charge >= 0.3 is 5.69 Å². The van der Waals surface area contributed by atoms with E-state index in [9.17, 15) is 4.79 Å². The molecule has 0 aliphatic rings. The van der Waals surface area contributed by atoms with Crippen molar-refractivity contribution in [3.05, 3.63) is 34.2 Å². The highest BCUT2D eigenvalue weighted by Crippen LogP contribution is 2.11. The van der Waals surface area contributed by atoms with E-state index in [0.717, 1.165) is 23.1 Å². The molecule has 0 fully saturated rings. The van der Waals surface area contributed by atoms with Crippen molar-refractivity contribution in [2.75, 3.05) is 13.7 Å². The molecule has 5 N–H and O–H groups in total. The van der Waals surface area contributed by atoms with Crippen molar-refractivity contribution in [2.24, 2.45) is 5.84 Å². The van der Waals surface area contributed by atoms with Gasteiger partial charge < -0.3 is 9.97 Å². The van der Waals surface area contributed by atoms with Crippen LogP contribution in [0.2, 0.25) is 0 Å². The molecule has 6 nitrogen and oxygen atoms in total. The summed E-state index contributed by atoms with van der Waals surface area (Å²) < 4.78 is 0. The van der Waals surface area contributed by atoms with Crippen LogP contribution in [0.15, 0.2) is 23.0 Å². The van der Waals surface area contributed by atoms with Crippen molar-refractivity contribution in [3.63, 3.8) is 0 Å². The Labute approximate surface area is 92.4 Å². The third-order valence-corrected chi connectivity index (χ3v) is 2.39. The highest BCUT2D eigenvalue weighted by atomic mass is 16.1. The average Bonchev–Trinajstić information content (AvgIpc) is 2.57. The number of hydrazine groups is 1. The molecular formula is C10H15N5O. The Kier molecular flexibility index (Phi) is 3.04. The molecule has 16 heavy (non-hydrogen) atoms. The lowest BCUT2D eigenvalue weighted by Crippen LogP contribution is -2.34. The fourth-order valence-corrected chi connectivity index (χ4v) is 1.70. The minimum absolute atomic E-state index is 0.177. The van der Waals surface area contributed by atoms with Crippen molar-refractivity contribution in [3.8, 4) is 0 Å². The van der Waals surface area contributed by atoms with E-state index in [1.165, 1.54) is 0 Å². The summed E-state index contributed by atoms with van der Waals surface area (Å²) >= 11 is 0. The Bertz CT molecular complexity index is 529. The third-order valence-electron chi connectivity index (χ3n) is 2.39. The molecule has 0 unspecified atom stereocenters. The van der Waals surface area contributed by atoms with Gasteiger partial charge in [0, 0.05) is 6.54 Å². The monoisotopic (exact) mass is 221 g/mol. The standard InChI is InChI=1S/C10H15N5O/c1-15(6-12-11)5-7-2-3-8-9(4-7)14-10(16)13-8/h2-4,12H,5-6,11H2,1H3,(H2,13,14,16). The Hall–Kier alpha value is -1.63. The van der Waals surface area contributed by atoms with Crippen molar-refractivity contribution in [2.45, 2.75) is 6.54 Å². The van der Waals surface area contributed by atoms with Crippen LogP contribution in [-0.4, -0.2) is 28.6 Å². The van der Waals surface area contributed by atoms with Crippen molar-refractivity contribution in [1.29, 1.82) is 0 Å². The van der Waals surface area contributed by atoms with Gasteiger partial charge in [0.2, 0.25) is 0 Å². The minimum Gasteiger partial charge on any atom is -0.306 e. The molecule has 0 saturated carbocycles. The summed E-state index contributed by atoms with van der Waals surface area (Å²) in [5.74, 6) is 5.23. The molecule has 0 aliphatic carbocycles. The van der Waals surface area contributed by atoms with E-state index in [1.807, 2.05) is 30.1 Å². The molecule has 0 aliphatic heterocycles. The maximum Gasteiger partial charge on any atom is 0.323 e. The summed E-state index contributed by atoms with van der Waals surface area (Å²) in [4.78, 5) is 18.6. The number of nitrogens with two attached hydrogens (primary N) is 1. The van der Waals surface area contributed by atoms with E-state index in [4.69, 9.17) is 5.84 Å². The summed E-state index contributed by atoms with van der Waals surface area (Å²) in [6.07, 6.45) is 0. The predicted octanol–water partition coefficient (Wildman–Crippen LogP) is -0.291. The van der Waals surface area contributed by atoms with Crippen LogP contribution in [0.25, 0.3) is 11.0 Å². The number of rotatable bonds is 4. The summed E-state index contributed by atoms with van der Waals surface area (Å²) in [7, 11) is 1.96. The number of H-pyrrole nitrogens is 2. The number of fused-ring (bicyclic) bond motifs is 1. The number of benzene rings is 1. The largest absolute Gasteiger partial charge is 0.323 e. The molecule has 1 aromatic carbocycles. The van der Waals surface area contributed by atoms with E-state index in [-0.39, 0.29) is 5.69 Å². The zero-order valence-corrected chi connectivity index (χ0v) is 9.08. The van der Waals surface area contributed by atoms with Crippen LogP contribution in [0.5, 0.6) is 0 Å². The molecule has 2 rings (SSSR count). The SMILES string of the molecule is CN(CNN)Cc1ccc2[nH]c(=O)[nH]c2c1. The second-order valence-electron chi connectivity index (χ2n) is 3.84. The van der Waals surface area contributed by atoms with Gasteiger partial charge in [-0.3, -0.25) is 10.7 Å². The molecule has 2 aromatic rings. The topological polar surface area (TPSA) is 89.9 Å². The lowest BCUT2D eigenvalue weighted by atomic mass is 10.2. The number of aromatic amines is 2. The maximum atomic E-state index is 11.1. The highest BCUT2D eigenvalue weighted by Gasteiger charge is 2.02. The Morgan fingerprint density at radius 1 is 1.38 bits per heavy atom. The molecule has 0 spiro atoms. The zero-order valence-electron chi connectivity index (χ0n) is 9.08. The smallest absolute Gasteiger partial charge is 0.306 e. The number of aromatic nitrogens is 2. The van der Waals surface area contributed by atoms with Crippen molar-refractivity contribution < 1.29 is 0 Å². The van der Waals surface area contributed by atoms with Crippen LogP contribution in [0, 0.1) is 0 Å². The molecule has 0 radical (unpaired) electrons. The van der Waals surface area contributed by atoms with Crippen LogP contribution < -0.4 is 17.0 Å². The first-order valence-electron chi connectivity index (χ1n) is 5.02. The lowest BCUT2D eigenvalue weighted by Gasteiger charge is -2.15. The first kappa shape index (κ1) is 10.9. The lowest BCUT2D eigenvalue weighted by molar-refractivity contribution is 0.301. The van der Waals surface area contributed by atoms with Crippen LogP contribution in [0.3, 0.4) is 0 Å². The molecular weight excluding hydrogens is 206 g/mol. The fraction of sp³-hybridized carbons (Fsp3) is 0.300. The van der Waals surface area contributed by atoms with Gasteiger partial charge in [0.15, 0.2) is 0 Å². The second-order valence-corrected chi connectivity index (χ2v) is 3.84. The Morgan fingerprint density at radius 3 is 2.88 bits per heavy atom. The number of nitrogens with zero attached hydrogens (tertiary/aromatic N) is 1. The van der Waals surface area contributed by atoms with Crippen LogP contribution in [0.1, 0.15) is 5.56 Å². The summed E-state index contributed by atoms with van der Waals surface area (Å²) in [6.45, 7) is 1.38. The molecule has 1 aromatic heterocycles. The van der Waals surface area contributed by atoms with E-state index in [1.54, 1.807) is 0 Å². The van der Waals surface area contributed by atoms with Crippen LogP contribution >= 0.6 is 0 Å². The van der Waals surface area contributed by atoms with Gasteiger partial charge in [0.25, 0.3) is 0 Å². The van der Waals surface area contributed by atoms with Crippen molar-refractivity contribution in [1.82, 2.24) is 20.3 Å². The molecule has 86 valence electrons. The van der Waals surface area contributed by atoms with Gasteiger partial charge in [0.05, 0.1) is 17.7 Å². The molecule has 0 atom stereocenters. The summed E-state index contributed by atoms with van der Waals surface area (Å²) in [6, 6.07) is 5.84. The number of hydrogen-bond donors (Lipinski definition) is 4. The van der Waals surface area contributed by atoms with E-state index < -0.39 is 0 Å². The van der Waals surface area contributed by atoms with Crippen LogP contribution in [-0.2, 0) is 6.54 Å². The fourth-order valence-electron chi connectivity index (χ4n) is 1.70. The average molecular weight is 221 g/mol. The van der Waals surface area contributed by atoms with E-state index in [0.29, 0.717) is 6.67 Å². The summed E-state index contributed by atoms with van der Waals surface area (Å²) in [5.41, 5.74) is 5.20. The van der Waals surface area contributed by atoms with Gasteiger partial charge in [-0.15, -0.1) is 0 Å². The van der Waals surface area contributed by atoms with Gasteiger partial charge in [0.1, 0.15) is 0 Å². The van der Waals surface area contributed by atoms with Gasteiger partial charge in [-0.1, -0.05) is 6.07 Å². The molecule has 0 amide bonds. The number of nitrogens with one attached hydrogen (secondary N) is 3. The molecule has 1 heterocycles. The van der Waals surface area contributed by atoms with Gasteiger partial charge in [-0.2, -0.15) is 0 Å². The van der Waals surface area contributed by atoms with Crippen LogP contribution in [0.4, 0.5) is 0 Å². The third kappa shape index (κ3) is 2.30. The highest BCUT2D eigenvalue weighted by molar-refractivity contribution is 5.74. The second kappa shape index (κ2) is 4.48. The first-order valence-corrected chi connectivity index (χ1v) is 5.02. The maximum absolute atomic E-state index is 11.1.